The number of hydrogen-bond donors (Lipinski definition) is 2. The smallest absolute Gasteiger partial charge is 0.256 e. The summed E-state index contributed by atoms with van der Waals surface area (Å²) in [4.78, 5) is 20.9. The van der Waals surface area contributed by atoms with Gasteiger partial charge in [0.1, 0.15) is 12.0 Å². The molecule has 2 aromatic heterocycles. The molecule has 1 aliphatic heterocycles. The second kappa shape index (κ2) is 4.96. The molecule has 1 atom stereocenters. The van der Waals surface area contributed by atoms with E-state index in [2.05, 4.69) is 20.6 Å². The van der Waals surface area contributed by atoms with Crippen LogP contribution >= 0.6 is 11.6 Å². The Bertz CT molecular complexity index is 896. The minimum absolute atomic E-state index is 0.170. The SMILES string of the molecule is O=C1N[C@H](c2cc(Cl)cc3cccnc23)Nc2ncccc21. The molecule has 3 heterocycles. The van der Waals surface area contributed by atoms with Crippen LogP contribution in [-0.2, 0) is 0 Å². The Kier molecular flexibility index (Phi) is 2.94. The molecule has 22 heavy (non-hydrogen) atoms. The summed E-state index contributed by atoms with van der Waals surface area (Å²) in [6.07, 6.45) is 2.94. The van der Waals surface area contributed by atoms with E-state index in [4.69, 9.17) is 11.6 Å². The molecule has 108 valence electrons. The molecule has 2 N–H and O–H groups in total. The second-order valence-corrected chi connectivity index (χ2v) is 5.46. The summed E-state index contributed by atoms with van der Waals surface area (Å²) in [5, 5.41) is 7.66. The Morgan fingerprint density at radius 3 is 2.77 bits per heavy atom. The Morgan fingerprint density at radius 1 is 1.05 bits per heavy atom. The summed E-state index contributed by atoms with van der Waals surface area (Å²) in [7, 11) is 0. The molecule has 3 aromatic rings. The van der Waals surface area contributed by atoms with Gasteiger partial charge in [0.25, 0.3) is 5.91 Å². The van der Waals surface area contributed by atoms with Gasteiger partial charge in [0.2, 0.25) is 0 Å². The first-order chi connectivity index (χ1) is 10.7. The highest BCUT2D eigenvalue weighted by Crippen LogP contribution is 2.30. The molecule has 0 unspecified atom stereocenters. The molecule has 1 aliphatic rings. The molecule has 0 saturated heterocycles. The number of rotatable bonds is 1. The third-order valence-electron chi connectivity index (χ3n) is 3.62. The third-order valence-corrected chi connectivity index (χ3v) is 3.84. The van der Waals surface area contributed by atoms with Crippen molar-refractivity contribution >= 4 is 34.2 Å². The van der Waals surface area contributed by atoms with E-state index in [9.17, 15) is 4.79 Å². The van der Waals surface area contributed by atoms with Crippen LogP contribution in [0.4, 0.5) is 5.82 Å². The topological polar surface area (TPSA) is 66.9 Å². The number of aromatic nitrogens is 2. The van der Waals surface area contributed by atoms with Crippen molar-refractivity contribution in [1.82, 2.24) is 15.3 Å². The van der Waals surface area contributed by atoms with E-state index in [1.807, 2.05) is 24.3 Å². The number of amides is 1. The van der Waals surface area contributed by atoms with Crippen LogP contribution in [0.3, 0.4) is 0 Å². The molecule has 0 bridgehead atoms. The van der Waals surface area contributed by atoms with E-state index in [1.165, 1.54) is 0 Å². The van der Waals surface area contributed by atoms with Crippen LogP contribution in [0.25, 0.3) is 10.9 Å². The van der Waals surface area contributed by atoms with E-state index < -0.39 is 6.17 Å². The zero-order valence-corrected chi connectivity index (χ0v) is 12.1. The Labute approximate surface area is 131 Å². The number of halogens is 1. The van der Waals surface area contributed by atoms with Crippen molar-refractivity contribution in [2.24, 2.45) is 0 Å². The Balaban J connectivity index is 1.85. The predicted molar refractivity (Wildman–Crippen MR) is 84.8 cm³/mol. The maximum absolute atomic E-state index is 12.2. The maximum Gasteiger partial charge on any atom is 0.256 e. The maximum atomic E-state index is 12.2. The van der Waals surface area contributed by atoms with E-state index in [0.717, 1.165) is 16.5 Å². The molecule has 5 nitrogen and oxygen atoms in total. The lowest BCUT2D eigenvalue weighted by Gasteiger charge is -2.27. The average molecular weight is 311 g/mol. The van der Waals surface area contributed by atoms with Crippen LogP contribution in [0.5, 0.6) is 0 Å². The van der Waals surface area contributed by atoms with Gasteiger partial charge in [0.05, 0.1) is 11.1 Å². The Hall–Kier alpha value is -2.66. The summed E-state index contributed by atoms with van der Waals surface area (Å²) < 4.78 is 0. The van der Waals surface area contributed by atoms with Gasteiger partial charge >= 0.3 is 0 Å². The van der Waals surface area contributed by atoms with Gasteiger partial charge in [-0.15, -0.1) is 0 Å². The molecular formula is C16H11ClN4O. The van der Waals surface area contributed by atoms with E-state index >= 15 is 0 Å². The number of benzene rings is 1. The van der Waals surface area contributed by atoms with E-state index in [1.54, 1.807) is 24.5 Å². The number of nitrogens with zero attached hydrogens (tertiary/aromatic N) is 2. The molecule has 0 spiro atoms. The van der Waals surface area contributed by atoms with E-state index in [0.29, 0.717) is 16.4 Å². The molecule has 4 rings (SSSR count). The highest BCUT2D eigenvalue weighted by atomic mass is 35.5. The quantitative estimate of drug-likeness (QED) is 0.724. The zero-order chi connectivity index (χ0) is 15.1. The first-order valence-corrected chi connectivity index (χ1v) is 7.17. The van der Waals surface area contributed by atoms with Crippen LogP contribution in [0.15, 0.2) is 48.8 Å². The molecule has 6 heteroatoms. The minimum atomic E-state index is -0.425. The van der Waals surface area contributed by atoms with Gasteiger partial charge < -0.3 is 10.6 Å². The van der Waals surface area contributed by atoms with Crippen molar-refractivity contribution in [3.05, 3.63) is 64.9 Å². The lowest BCUT2D eigenvalue weighted by atomic mass is 10.0. The van der Waals surface area contributed by atoms with Crippen molar-refractivity contribution in [1.29, 1.82) is 0 Å². The first kappa shape index (κ1) is 13.0. The number of hydrogen-bond acceptors (Lipinski definition) is 4. The van der Waals surface area contributed by atoms with Crippen molar-refractivity contribution in [3.8, 4) is 0 Å². The molecule has 0 radical (unpaired) electrons. The number of carbonyl (C=O) groups excluding carboxylic acids is 1. The number of carbonyl (C=O) groups is 1. The van der Waals surface area contributed by atoms with E-state index in [-0.39, 0.29) is 5.91 Å². The average Bonchev–Trinajstić information content (AvgIpc) is 2.54. The zero-order valence-electron chi connectivity index (χ0n) is 11.4. The summed E-state index contributed by atoms with van der Waals surface area (Å²) in [5.74, 6) is 0.385. The molecule has 0 aliphatic carbocycles. The van der Waals surface area contributed by atoms with Crippen molar-refractivity contribution in [2.75, 3.05) is 5.32 Å². The van der Waals surface area contributed by atoms with Gasteiger partial charge in [-0.05, 0) is 30.3 Å². The number of anilines is 1. The molecule has 1 amide bonds. The fraction of sp³-hybridized carbons (Fsp3) is 0.0625. The highest BCUT2D eigenvalue weighted by Gasteiger charge is 2.26. The van der Waals surface area contributed by atoms with Gasteiger partial charge in [-0.25, -0.2) is 4.98 Å². The number of fused-ring (bicyclic) bond motifs is 2. The normalized spacial score (nSPS) is 16.8. The lowest BCUT2D eigenvalue weighted by Crippen LogP contribution is -2.39. The molecular weight excluding hydrogens is 300 g/mol. The van der Waals surface area contributed by atoms with Crippen LogP contribution in [0, 0.1) is 0 Å². The van der Waals surface area contributed by atoms with Crippen molar-refractivity contribution < 1.29 is 4.79 Å². The van der Waals surface area contributed by atoms with Gasteiger partial charge in [-0.2, -0.15) is 0 Å². The van der Waals surface area contributed by atoms with Crippen molar-refractivity contribution in [3.63, 3.8) is 0 Å². The van der Waals surface area contributed by atoms with Gasteiger partial charge in [-0.3, -0.25) is 9.78 Å². The first-order valence-electron chi connectivity index (χ1n) is 6.79. The fourth-order valence-electron chi connectivity index (χ4n) is 2.64. The summed E-state index contributed by atoms with van der Waals surface area (Å²) in [6.45, 7) is 0. The number of nitrogens with one attached hydrogen (secondary N) is 2. The molecule has 0 saturated carbocycles. The van der Waals surface area contributed by atoms with Crippen LogP contribution in [0.2, 0.25) is 5.02 Å². The monoisotopic (exact) mass is 310 g/mol. The molecule has 0 fully saturated rings. The number of pyridine rings is 2. The van der Waals surface area contributed by atoms with Crippen LogP contribution < -0.4 is 10.6 Å². The lowest BCUT2D eigenvalue weighted by molar-refractivity contribution is 0.0935. The van der Waals surface area contributed by atoms with Crippen molar-refractivity contribution in [2.45, 2.75) is 6.17 Å². The summed E-state index contributed by atoms with van der Waals surface area (Å²) in [6, 6.07) is 10.9. The third kappa shape index (κ3) is 2.07. The summed E-state index contributed by atoms with van der Waals surface area (Å²) in [5.41, 5.74) is 2.13. The van der Waals surface area contributed by atoms with Gasteiger partial charge in [-0.1, -0.05) is 17.7 Å². The minimum Gasteiger partial charge on any atom is -0.346 e. The fourth-order valence-corrected chi connectivity index (χ4v) is 2.88. The highest BCUT2D eigenvalue weighted by molar-refractivity contribution is 6.31. The summed E-state index contributed by atoms with van der Waals surface area (Å²) >= 11 is 6.20. The van der Waals surface area contributed by atoms with Gasteiger partial charge in [0, 0.05) is 28.4 Å². The predicted octanol–water partition coefficient (Wildman–Crippen LogP) is 3.14. The molecule has 1 aromatic carbocycles. The second-order valence-electron chi connectivity index (χ2n) is 5.02. The Morgan fingerprint density at radius 2 is 1.86 bits per heavy atom. The van der Waals surface area contributed by atoms with Crippen LogP contribution in [0.1, 0.15) is 22.1 Å². The standard InChI is InChI=1S/C16H11ClN4O/c17-10-7-9-3-1-5-18-13(9)12(8-10)15-20-14-11(16(22)21-15)4-2-6-19-14/h1-8,15H,(H,19,20)(H,21,22)/t15-/m1/s1. The largest absolute Gasteiger partial charge is 0.346 e. The van der Waals surface area contributed by atoms with Gasteiger partial charge in [0.15, 0.2) is 0 Å². The van der Waals surface area contributed by atoms with Crippen LogP contribution in [-0.4, -0.2) is 15.9 Å².